The van der Waals surface area contributed by atoms with Crippen molar-refractivity contribution in [3.63, 3.8) is 0 Å². The van der Waals surface area contributed by atoms with Crippen LogP contribution in [-0.4, -0.2) is 26.1 Å². The summed E-state index contributed by atoms with van der Waals surface area (Å²) in [7, 11) is 0. The largest absolute Gasteiger partial charge is 0.481 e. The Morgan fingerprint density at radius 3 is 2.71 bits per heavy atom. The zero-order valence-corrected chi connectivity index (χ0v) is 8.88. The maximum absolute atomic E-state index is 12.7. The number of aromatic nitrogens is 3. The summed E-state index contributed by atoms with van der Waals surface area (Å²) in [5.74, 6) is -1.20. The molecule has 17 heavy (non-hydrogen) atoms. The van der Waals surface area contributed by atoms with Crippen LogP contribution in [0, 0.1) is 5.82 Å². The number of carbonyl (C=O) groups is 1. The molecule has 0 fully saturated rings. The van der Waals surface area contributed by atoms with Gasteiger partial charge in [-0.1, -0.05) is 5.21 Å². The summed E-state index contributed by atoms with van der Waals surface area (Å²) in [5, 5.41) is 16.2. The number of aliphatic carboxylic acids is 1. The summed E-state index contributed by atoms with van der Waals surface area (Å²) in [6, 6.07) is 5.87. The van der Waals surface area contributed by atoms with E-state index < -0.39 is 5.97 Å². The Bertz CT molecular complexity index is 522. The molecule has 0 aliphatic rings. The molecule has 0 saturated carbocycles. The molecule has 1 aromatic carbocycles. The summed E-state index contributed by atoms with van der Waals surface area (Å²) in [5.41, 5.74) is 1.34. The Morgan fingerprint density at radius 2 is 2.06 bits per heavy atom. The Kier molecular flexibility index (Phi) is 3.13. The van der Waals surface area contributed by atoms with Gasteiger partial charge in [0.1, 0.15) is 11.5 Å². The van der Waals surface area contributed by atoms with Gasteiger partial charge in [0.15, 0.2) is 0 Å². The van der Waals surface area contributed by atoms with E-state index in [1.807, 2.05) is 0 Å². The molecule has 1 aromatic heterocycles. The van der Waals surface area contributed by atoms with Crippen LogP contribution in [0.15, 0.2) is 30.5 Å². The van der Waals surface area contributed by atoms with E-state index in [-0.39, 0.29) is 18.8 Å². The number of carboxylic acid groups (broad SMARTS) is 1. The lowest BCUT2D eigenvalue weighted by atomic mass is 10.2. The monoisotopic (exact) mass is 235 g/mol. The first-order chi connectivity index (χ1) is 8.15. The van der Waals surface area contributed by atoms with Crippen molar-refractivity contribution in [2.24, 2.45) is 0 Å². The molecule has 1 N–H and O–H groups in total. The fourth-order valence-electron chi connectivity index (χ4n) is 1.37. The second-order valence-electron chi connectivity index (χ2n) is 3.52. The van der Waals surface area contributed by atoms with Gasteiger partial charge in [0, 0.05) is 5.56 Å². The van der Waals surface area contributed by atoms with E-state index in [9.17, 15) is 9.18 Å². The SMILES string of the molecule is O=C(O)CCn1cc(-c2ccc(F)cc2)nn1. The van der Waals surface area contributed by atoms with Gasteiger partial charge in [-0.25, -0.2) is 4.39 Å². The lowest BCUT2D eigenvalue weighted by Crippen LogP contribution is -2.04. The van der Waals surface area contributed by atoms with Crippen molar-refractivity contribution in [2.45, 2.75) is 13.0 Å². The number of carboxylic acids is 1. The highest BCUT2D eigenvalue weighted by atomic mass is 19.1. The van der Waals surface area contributed by atoms with Crippen molar-refractivity contribution in [1.29, 1.82) is 0 Å². The average molecular weight is 235 g/mol. The van der Waals surface area contributed by atoms with Crippen LogP contribution in [0.2, 0.25) is 0 Å². The lowest BCUT2D eigenvalue weighted by Gasteiger charge is -1.95. The number of nitrogens with zero attached hydrogens (tertiary/aromatic N) is 3. The Labute approximate surface area is 96.5 Å². The Hall–Kier alpha value is -2.24. The smallest absolute Gasteiger partial charge is 0.305 e. The molecule has 0 radical (unpaired) electrons. The van der Waals surface area contributed by atoms with Crippen molar-refractivity contribution >= 4 is 5.97 Å². The Morgan fingerprint density at radius 1 is 1.35 bits per heavy atom. The molecule has 2 aromatic rings. The van der Waals surface area contributed by atoms with E-state index in [1.165, 1.54) is 16.8 Å². The molecule has 88 valence electrons. The molecule has 0 spiro atoms. The van der Waals surface area contributed by atoms with Crippen LogP contribution in [0.1, 0.15) is 6.42 Å². The highest BCUT2D eigenvalue weighted by Crippen LogP contribution is 2.16. The van der Waals surface area contributed by atoms with Crippen LogP contribution < -0.4 is 0 Å². The van der Waals surface area contributed by atoms with E-state index in [1.54, 1.807) is 18.3 Å². The summed E-state index contributed by atoms with van der Waals surface area (Å²) in [4.78, 5) is 10.4. The Balaban J connectivity index is 2.12. The van der Waals surface area contributed by atoms with E-state index in [0.29, 0.717) is 5.69 Å². The van der Waals surface area contributed by atoms with Crippen LogP contribution in [-0.2, 0) is 11.3 Å². The molecule has 0 bridgehead atoms. The van der Waals surface area contributed by atoms with Gasteiger partial charge in [0.25, 0.3) is 0 Å². The minimum Gasteiger partial charge on any atom is -0.481 e. The fraction of sp³-hybridized carbons (Fsp3) is 0.182. The van der Waals surface area contributed by atoms with E-state index in [4.69, 9.17) is 5.11 Å². The molecule has 5 nitrogen and oxygen atoms in total. The topological polar surface area (TPSA) is 68.0 Å². The van der Waals surface area contributed by atoms with Gasteiger partial charge in [-0.2, -0.15) is 0 Å². The van der Waals surface area contributed by atoms with Gasteiger partial charge in [-0.15, -0.1) is 5.10 Å². The summed E-state index contributed by atoms with van der Waals surface area (Å²) in [6.07, 6.45) is 1.63. The molecule has 0 amide bonds. The normalized spacial score (nSPS) is 10.4. The van der Waals surface area contributed by atoms with Gasteiger partial charge in [-0.3, -0.25) is 9.48 Å². The van der Waals surface area contributed by atoms with Gasteiger partial charge < -0.3 is 5.11 Å². The first-order valence-corrected chi connectivity index (χ1v) is 5.03. The predicted molar refractivity (Wildman–Crippen MR) is 57.7 cm³/mol. The zero-order valence-electron chi connectivity index (χ0n) is 8.88. The molecule has 0 unspecified atom stereocenters. The lowest BCUT2D eigenvalue weighted by molar-refractivity contribution is -0.137. The molecule has 0 aliphatic carbocycles. The number of hydrogen-bond acceptors (Lipinski definition) is 3. The van der Waals surface area contributed by atoms with E-state index >= 15 is 0 Å². The maximum Gasteiger partial charge on any atom is 0.305 e. The van der Waals surface area contributed by atoms with Crippen LogP contribution in [0.3, 0.4) is 0 Å². The first-order valence-electron chi connectivity index (χ1n) is 5.03. The molecule has 0 atom stereocenters. The molecule has 6 heteroatoms. The average Bonchev–Trinajstić information content (AvgIpc) is 2.76. The van der Waals surface area contributed by atoms with E-state index in [2.05, 4.69) is 10.3 Å². The number of halogens is 1. The van der Waals surface area contributed by atoms with Gasteiger partial charge >= 0.3 is 5.97 Å². The minimum absolute atomic E-state index is 0.00772. The highest BCUT2D eigenvalue weighted by molar-refractivity contribution is 5.66. The number of hydrogen-bond donors (Lipinski definition) is 1. The van der Waals surface area contributed by atoms with Crippen molar-refractivity contribution < 1.29 is 14.3 Å². The highest BCUT2D eigenvalue weighted by Gasteiger charge is 2.05. The minimum atomic E-state index is -0.885. The number of aryl methyl sites for hydroxylation is 1. The number of rotatable bonds is 4. The quantitative estimate of drug-likeness (QED) is 0.873. The van der Waals surface area contributed by atoms with Gasteiger partial charge in [-0.05, 0) is 24.3 Å². The first kappa shape index (κ1) is 11.3. The zero-order chi connectivity index (χ0) is 12.3. The van der Waals surface area contributed by atoms with Crippen LogP contribution >= 0.6 is 0 Å². The van der Waals surface area contributed by atoms with Crippen LogP contribution in [0.25, 0.3) is 11.3 Å². The third-order valence-corrected chi connectivity index (χ3v) is 2.23. The second kappa shape index (κ2) is 4.73. The van der Waals surface area contributed by atoms with Crippen molar-refractivity contribution in [2.75, 3.05) is 0 Å². The predicted octanol–water partition coefficient (Wildman–Crippen LogP) is 1.56. The summed E-state index contributed by atoms with van der Waals surface area (Å²) < 4.78 is 14.2. The van der Waals surface area contributed by atoms with E-state index in [0.717, 1.165) is 5.56 Å². The standard InChI is InChI=1S/C11H10FN3O2/c12-9-3-1-8(2-4-9)10-7-15(14-13-10)6-5-11(16)17/h1-4,7H,5-6H2,(H,16,17). The second-order valence-corrected chi connectivity index (χ2v) is 3.52. The van der Waals surface area contributed by atoms with Crippen molar-refractivity contribution in [3.8, 4) is 11.3 Å². The molecule has 1 heterocycles. The third-order valence-electron chi connectivity index (χ3n) is 2.23. The van der Waals surface area contributed by atoms with Gasteiger partial charge in [0.05, 0.1) is 19.2 Å². The molecule has 0 aliphatic heterocycles. The molecule has 2 rings (SSSR count). The van der Waals surface area contributed by atoms with Crippen molar-refractivity contribution in [3.05, 3.63) is 36.3 Å². The van der Waals surface area contributed by atoms with Gasteiger partial charge in [0.2, 0.25) is 0 Å². The molecule has 0 saturated heterocycles. The number of benzene rings is 1. The van der Waals surface area contributed by atoms with Crippen LogP contribution in [0.4, 0.5) is 4.39 Å². The maximum atomic E-state index is 12.7. The fourth-order valence-corrected chi connectivity index (χ4v) is 1.37. The van der Waals surface area contributed by atoms with Crippen LogP contribution in [0.5, 0.6) is 0 Å². The summed E-state index contributed by atoms with van der Waals surface area (Å²) in [6.45, 7) is 0.267. The summed E-state index contributed by atoms with van der Waals surface area (Å²) >= 11 is 0. The molecular formula is C11H10FN3O2. The molecular weight excluding hydrogens is 225 g/mol. The third kappa shape index (κ3) is 2.87. The van der Waals surface area contributed by atoms with Crippen molar-refractivity contribution in [1.82, 2.24) is 15.0 Å².